The smallest absolute Gasteiger partial charge is 0.195 e. The molecule has 0 atom stereocenters. The molecular formula is C14H14ClN3OS. The number of fused-ring (bicyclic) bond motifs is 1. The van der Waals surface area contributed by atoms with Crippen molar-refractivity contribution in [3.05, 3.63) is 41.5 Å². The molecule has 0 unspecified atom stereocenters. The van der Waals surface area contributed by atoms with Gasteiger partial charge in [0, 0.05) is 30.4 Å². The number of halogens is 1. The second-order valence-electron chi connectivity index (χ2n) is 4.33. The normalized spacial score (nSPS) is 10.9. The summed E-state index contributed by atoms with van der Waals surface area (Å²) in [6.07, 6.45) is 1.99. The van der Waals surface area contributed by atoms with Crippen LogP contribution in [0.25, 0.3) is 4.96 Å². The first-order valence-electron chi connectivity index (χ1n) is 6.12. The van der Waals surface area contributed by atoms with E-state index in [1.54, 1.807) is 18.4 Å². The summed E-state index contributed by atoms with van der Waals surface area (Å²) in [6.45, 7) is 0. The van der Waals surface area contributed by atoms with Gasteiger partial charge in [0.05, 0.1) is 18.7 Å². The molecule has 104 valence electrons. The summed E-state index contributed by atoms with van der Waals surface area (Å²) in [6, 6.07) is 7.88. The molecule has 0 saturated heterocycles. The molecule has 0 N–H and O–H groups in total. The SMILES string of the molecule is COc1cccc(N(C)c2nc3sccn3c2CCl)c1. The van der Waals surface area contributed by atoms with E-state index >= 15 is 0 Å². The summed E-state index contributed by atoms with van der Waals surface area (Å²) in [4.78, 5) is 7.63. The number of thiazole rings is 1. The molecule has 3 rings (SSSR count). The molecule has 4 nitrogen and oxygen atoms in total. The van der Waals surface area contributed by atoms with Crippen LogP contribution in [0.3, 0.4) is 0 Å². The van der Waals surface area contributed by atoms with Gasteiger partial charge in [0.2, 0.25) is 0 Å². The fourth-order valence-corrected chi connectivity index (χ4v) is 3.13. The van der Waals surface area contributed by atoms with Crippen LogP contribution in [0.15, 0.2) is 35.8 Å². The maximum absolute atomic E-state index is 6.09. The number of nitrogens with zero attached hydrogens (tertiary/aromatic N) is 3. The number of hydrogen-bond donors (Lipinski definition) is 0. The quantitative estimate of drug-likeness (QED) is 0.684. The van der Waals surface area contributed by atoms with Gasteiger partial charge < -0.3 is 9.64 Å². The molecular weight excluding hydrogens is 294 g/mol. The monoisotopic (exact) mass is 307 g/mol. The summed E-state index contributed by atoms with van der Waals surface area (Å²) in [5.74, 6) is 2.12. The Labute approximate surface area is 126 Å². The molecule has 0 spiro atoms. The fourth-order valence-electron chi connectivity index (χ4n) is 2.16. The van der Waals surface area contributed by atoms with Gasteiger partial charge in [0.1, 0.15) is 5.75 Å². The Balaban J connectivity index is 2.06. The van der Waals surface area contributed by atoms with E-state index in [2.05, 4.69) is 4.98 Å². The van der Waals surface area contributed by atoms with Crippen LogP contribution in [0.1, 0.15) is 5.69 Å². The maximum atomic E-state index is 6.09. The Kier molecular flexibility index (Phi) is 3.54. The molecule has 2 aromatic heterocycles. The molecule has 0 bridgehead atoms. The van der Waals surface area contributed by atoms with Crippen molar-refractivity contribution in [2.45, 2.75) is 5.88 Å². The standard InChI is InChI=1S/C14H14ClN3OS/c1-17(10-4-3-5-11(8-10)19-2)13-12(9-15)18-6-7-20-14(18)16-13/h3-8H,9H2,1-2H3. The molecule has 0 aliphatic carbocycles. The van der Waals surface area contributed by atoms with Crippen molar-refractivity contribution in [2.24, 2.45) is 0 Å². The van der Waals surface area contributed by atoms with Crippen molar-refractivity contribution in [1.82, 2.24) is 9.38 Å². The lowest BCUT2D eigenvalue weighted by molar-refractivity contribution is 0.415. The average Bonchev–Trinajstić information content (AvgIpc) is 3.06. The van der Waals surface area contributed by atoms with Gasteiger partial charge in [-0.1, -0.05) is 6.07 Å². The fraction of sp³-hybridized carbons (Fsp3) is 0.214. The zero-order valence-corrected chi connectivity index (χ0v) is 12.8. The van der Waals surface area contributed by atoms with E-state index in [-0.39, 0.29) is 0 Å². The van der Waals surface area contributed by atoms with E-state index in [1.807, 2.05) is 52.2 Å². The largest absolute Gasteiger partial charge is 0.497 e. The third kappa shape index (κ3) is 2.13. The third-order valence-corrected chi connectivity index (χ3v) is 4.23. The van der Waals surface area contributed by atoms with Crippen molar-refractivity contribution in [3.63, 3.8) is 0 Å². The van der Waals surface area contributed by atoms with Gasteiger partial charge in [-0.2, -0.15) is 0 Å². The lowest BCUT2D eigenvalue weighted by Crippen LogP contribution is -2.12. The summed E-state index contributed by atoms with van der Waals surface area (Å²) in [5, 5.41) is 2.01. The Morgan fingerprint density at radius 2 is 2.30 bits per heavy atom. The molecule has 0 aliphatic rings. The van der Waals surface area contributed by atoms with Crippen LogP contribution in [-0.2, 0) is 5.88 Å². The van der Waals surface area contributed by atoms with Crippen LogP contribution in [0.2, 0.25) is 0 Å². The van der Waals surface area contributed by atoms with E-state index < -0.39 is 0 Å². The molecule has 1 aromatic carbocycles. The molecule has 0 fully saturated rings. The molecule has 0 aliphatic heterocycles. The first-order valence-corrected chi connectivity index (χ1v) is 7.54. The van der Waals surface area contributed by atoms with Crippen LogP contribution in [-0.4, -0.2) is 23.5 Å². The molecule has 3 aromatic rings. The molecule has 6 heteroatoms. The Bertz CT molecular complexity index is 737. The summed E-state index contributed by atoms with van der Waals surface area (Å²) >= 11 is 7.69. The van der Waals surface area contributed by atoms with E-state index in [1.165, 1.54) is 0 Å². The highest BCUT2D eigenvalue weighted by Crippen LogP contribution is 2.31. The van der Waals surface area contributed by atoms with Gasteiger partial charge in [0.15, 0.2) is 10.8 Å². The minimum Gasteiger partial charge on any atom is -0.497 e. The lowest BCUT2D eigenvalue weighted by atomic mass is 10.2. The van der Waals surface area contributed by atoms with Crippen LogP contribution in [0.4, 0.5) is 11.5 Å². The third-order valence-electron chi connectivity index (χ3n) is 3.22. The van der Waals surface area contributed by atoms with E-state index in [0.29, 0.717) is 5.88 Å². The van der Waals surface area contributed by atoms with Crippen LogP contribution < -0.4 is 9.64 Å². The number of anilines is 2. The number of rotatable bonds is 4. The van der Waals surface area contributed by atoms with E-state index in [9.17, 15) is 0 Å². The van der Waals surface area contributed by atoms with E-state index in [0.717, 1.165) is 27.9 Å². The average molecular weight is 308 g/mol. The summed E-state index contributed by atoms with van der Waals surface area (Å²) in [7, 11) is 3.65. The zero-order chi connectivity index (χ0) is 14.1. The summed E-state index contributed by atoms with van der Waals surface area (Å²) in [5.41, 5.74) is 2.01. The van der Waals surface area contributed by atoms with Crippen LogP contribution in [0.5, 0.6) is 5.75 Å². The number of aromatic nitrogens is 2. The first kappa shape index (κ1) is 13.3. The van der Waals surface area contributed by atoms with Gasteiger partial charge in [-0.05, 0) is 12.1 Å². The topological polar surface area (TPSA) is 29.8 Å². The highest BCUT2D eigenvalue weighted by Gasteiger charge is 2.17. The first-order chi connectivity index (χ1) is 9.74. The minimum absolute atomic E-state index is 0.418. The molecule has 20 heavy (non-hydrogen) atoms. The molecule has 0 amide bonds. The highest BCUT2D eigenvalue weighted by molar-refractivity contribution is 7.15. The van der Waals surface area contributed by atoms with Crippen molar-refractivity contribution in [1.29, 1.82) is 0 Å². The number of benzene rings is 1. The number of hydrogen-bond acceptors (Lipinski definition) is 4. The van der Waals surface area contributed by atoms with Gasteiger partial charge >= 0.3 is 0 Å². The Morgan fingerprint density at radius 3 is 3.05 bits per heavy atom. The highest BCUT2D eigenvalue weighted by atomic mass is 35.5. The Hall–Kier alpha value is -1.72. The molecule has 0 saturated carbocycles. The molecule has 2 heterocycles. The van der Waals surface area contributed by atoms with Gasteiger partial charge in [-0.25, -0.2) is 4.98 Å². The predicted molar refractivity (Wildman–Crippen MR) is 83.7 cm³/mol. The molecule has 0 radical (unpaired) electrons. The van der Waals surface area contributed by atoms with Gasteiger partial charge in [-0.15, -0.1) is 22.9 Å². The van der Waals surface area contributed by atoms with Crippen molar-refractivity contribution < 1.29 is 4.74 Å². The maximum Gasteiger partial charge on any atom is 0.195 e. The van der Waals surface area contributed by atoms with Crippen LogP contribution in [0, 0.1) is 0 Å². The lowest BCUT2D eigenvalue weighted by Gasteiger charge is -2.18. The van der Waals surface area contributed by atoms with Gasteiger partial charge in [0.25, 0.3) is 0 Å². The number of imidazole rings is 1. The van der Waals surface area contributed by atoms with Crippen molar-refractivity contribution >= 4 is 39.4 Å². The number of ether oxygens (including phenoxy) is 1. The van der Waals surface area contributed by atoms with Crippen molar-refractivity contribution in [3.8, 4) is 5.75 Å². The second-order valence-corrected chi connectivity index (χ2v) is 5.47. The van der Waals surface area contributed by atoms with Gasteiger partial charge in [-0.3, -0.25) is 4.40 Å². The number of methoxy groups -OCH3 is 1. The summed E-state index contributed by atoms with van der Waals surface area (Å²) < 4.78 is 7.30. The number of alkyl halides is 1. The second kappa shape index (κ2) is 5.34. The Morgan fingerprint density at radius 1 is 1.45 bits per heavy atom. The van der Waals surface area contributed by atoms with E-state index in [4.69, 9.17) is 16.3 Å². The minimum atomic E-state index is 0.418. The van der Waals surface area contributed by atoms with Crippen LogP contribution >= 0.6 is 22.9 Å². The zero-order valence-electron chi connectivity index (χ0n) is 11.2. The van der Waals surface area contributed by atoms with Crippen molar-refractivity contribution in [2.75, 3.05) is 19.1 Å². The predicted octanol–water partition coefficient (Wildman–Crippen LogP) is 3.91.